The summed E-state index contributed by atoms with van der Waals surface area (Å²) in [4.78, 5) is 18.0. The molecule has 0 unspecified atom stereocenters. The lowest BCUT2D eigenvalue weighted by Gasteiger charge is -2.17. The van der Waals surface area contributed by atoms with Gasteiger partial charge in [-0.05, 0) is 28.8 Å². The van der Waals surface area contributed by atoms with Crippen LogP contribution in [0.5, 0.6) is 0 Å². The number of aromatic nitrogens is 1. The highest BCUT2D eigenvalue weighted by atomic mass is 16.2. The van der Waals surface area contributed by atoms with Gasteiger partial charge in [0.25, 0.3) is 5.91 Å². The Hall–Kier alpha value is -2.94. The van der Waals surface area contributed by atoms with Crippen molar-refractivity contribution in [1.29, 1.82) is 0 Å². The fourth-order valence-electron chi connectivity index (χ4n) is 2.49. The maximum Gasteiger partial charge on any atom is 0.255 e. The molecule has 0 spiro atoms. The molecule has 0 fully saturated rings. The predicted octanol–water partition coefficient (Wildman–Crippen LogP) is 4.02. The standard InChI is InChI=1S/C20H18N2O/c1-22(20(23)19-8-5-13-21-14-19)15-16-9-11-18(12-10-16)17-6-3-2-4-7-17/h2-14H,15H2,1H3. The smallest absolute Gasteiger partial charge is 0.255 e. The normalized spacial score (nSPS) is 10.3. The van der Waals surface area contributed by atoms with E-state index in [0.717, 1.165) is 5.56 Å². The first-order chi connectivity index (χ1) is 11.2. The van der Waals surface area contributed by atoms with E-state index < -0.39 is 0 Å². The molecule has 0 radical (unpaired) electrons. The third-order valence-corrected chi connectivity index (χ3v) is 3.74. The monoisotopic (exact) mass is 302 g/mol. The van der Waals surface area contributed by atoms with E-state index in [4.69, 9.17) is 0 Å². The highest BCUT2D eigenvalue weighted by molar-refractivity contribution is 5.93. The number of amides is 1. The molecule has 0 N–H and O–H groups in total. The van der Waals surface area contributed by atoms with Crippen molar-refractivity contribution in [2.45, 2.75) is 6.54 Å². The van der Waals surface area contributed by atoms with E-state index in [-0.39, 0.29) is 5.91 Å². The Labute approximate surface area is 136 Å². The molecular weight excluding hydrogens is 284 g/mol. The van der Waals surface area contributed by atoms with Gasteiger partial charge in [0.05, 0.1) is 5.56 Å². The minimum atomic E-state index is -0.0229. The third-order valence-electron chi connectivity index (χ3n) is 3.74. The molecule has 0 atom stereocenters. The summed E-state index contributed by atoms with van der Waals surface area (Å²) in [5.41, 5.74) is 4.08. The quantitative estimate of drug-likeness (QED) is 0.729. The first-order valence-electron chi connectivity index (χ1n) is 7.54. The van der Waals surface area contributed by atoms with Crippen molar-refractivity contribution >= 4 is 5.91 Å². The fourth-order valence-corrected chi connectivity index (χ4v) is 2.49. The summed E-state index contributed by atoms with van der Waals surface area (Å²) in [7, 11) is 1.81. The number of hydrogen-bond donors (Lipinski definition) is 0. The lowest BCUT2D eigenvalue weighted by atomic mass is 10.0. The topological polar surface area (TPSA) is 33.2 Å². The van der Waals surface area contributed by atoms with Gasteiger partial charge in [0, 0.05) is 26.0 Å². The van der Waals surface area contributed by atoms with Crippen LogP contribution in [0.2, 0.25) is 0 Å². The summed E-state index contributed by atoms with van der Waals surface area (Å²) in [5.74, 6) is -0.0229. The molecule has 0 aliphatic heterocycles. The summed E-state index contributed by atoms with van der Waals surface area (Å²) in [5, 5.41) is 0. The van der Waals surface area contributed by atoms with Crippen LogP contribution in [0.3, 0.4) is 0 Å². The average Bonchev–Trinajstić information content (AvgIpc) is 2.63. The second-order valence-corrected chi connectivity index (χ2v) is 5.47. The maximum atomic E-state index is 12.3. The molecule has 0 aliphatic rings. The zero-order chi connectivity index (χ0) is 16.1. The van der Waals surface area contributed by atoms with Gasteiger partial charge in [-0.25, -0.2) is 0 Å². The van der Waals surface area contributed by atoms with Crippen LogP contribution in [0, 0.1) is 0 Å². The van der Waals surface area contributed by atoms with Crippen LogP contribution in [0.1, 0.15) is 15.9 Å². The summed E-state index contributed by atoms with van der Waals surface area (Å²) in [6, 6.07) is 22.1. The SMILES string of the molecule is CN(Cc1ccc(-c2ccccc2)cc1)C(=O)c1cccnc1. The van der Waals surface area contributed by atoms with E-state index in [1.54, 1.807) is 36.5 Å². The number of carbonyl (C=O) groups excluding carboxylic acids is 1. The van der Waals surface area contributed by atoms with Gasteiger partial charge < -0.3 is 4.90 Å². The first-order valence-corrected chi connectivity index (χ1v) is 7.54. The van der Waals surface area contributed by atoms with Crippen molar-refractivity contribution in [3.8, 4) is 11.1 Å². The Balaban J connectivity index is 1.70. The van der Waals surface area contributed by atoms with Crippen molar-refractivity contribution < 1.29 is 4.79 Å². The Morgan fingerprint density at radius 1 is 0.913 bits per heavy atom. The van der Waals surface area contributed by atoms with Gasteiger partial charge >= 0.3 is 0 Å². The van der Waals surface area contributed by atoms with Crippen LogP contribution in [0.15, 0.2) is 79.1 Å². The second-order valence-electron chi connectivity index (χ2n) is 5.47. The molecule has 0 saturated carbocycles. The summed E-state index contributed by atoms with van der Waals surface area (Å²) >= 11 is 0. The molecule has 2 aromatic carbocycles. The average molecular weight is 302 g/mol. The molecule has 114 valence electrons. The third kappa shape index (κ3) is 3.64. The minimum absolute atomic E-state index is 0.0229. The van der Waals surface area contributed by atoms with E-state index in [2.05, 4.69) is 41.4 Å². The van der Waals surface area contributed by atoms with Gasteiger partial charge in [-0.3, -0.25) is 9.78 Å². The van der Waals surface area contributed by atoms with Crippen molar-refractivity contribution in [2.75, 3.05) is 7.05 Å². The summed E-state index contributed by atoms with van der Waals surface area (Å²) < 4.78 is 0. The predicted molar refractivity (Wildman–Crippen MR) is 91.9 cm³/mol. The van der Waals surface area contributed by atoms with Crippen LogP contribution in [0.4, 0.5) is 0 Å². The molecule has 0 aliphatic carbocycles. The Morgan fingerprint density at radius 3 is 2.26 bits per heavy atom. The van der Waals surface area contributed by atoms with Gasteiger partial charge in [-0.15, -0.1) is 0 Å². The van der Waals surface area contributed by atoms with Crippen LogP contribution < -0.4 is 0 Å². The number of carbonyl (C=O) groups is 1. The van der Waals surface area contributed by atoms with E-state index in [1.165, 1.54) is 11.1 Å². The molecule has 3 rings (SSSR count). The molecule has 3 heteroatoms. The van der Waals surface area contributed by atoms with Crippen LogP contribution >= 0.6 is 0 Å². The first kappa shape index (κ1) is 15.0. The van der Waals surface area contributed by atoms with Crippen LogP contribution in [-0.4, -0.2) is 22.8 Å². The molecule has 3 nitrogen and oxygen atoms in total. The highest BCUT2D eigenvalue weighted by Crippen LogP contribution is 2.19. The number of benzene rings is 2. The zero-order valence-electron chi connectivity index (χ0n) is 13.0. The molecule has 1 aromatic heterocycles. The summed E-state index contributed by atoms with van der Waals surface area (Å²) in [6.45, 7) is 0.572. The van der Waals surface area contributed by atoms with Gasteiger partial charge in [-0.2, -0.15) is 0 Å². The summed E-state index contributed by atoms with van der Waals surface area (Å²) in [6.07, 6.45) is 3.26. The lowest BCUT2D eigenvalue weighted by Crippen LogP contribution is -2.26. The lowest BCUT2D eigenvalue weighted by molar-refractivity contribution is 0.0784. The van der Waals surface area contributed by atoms with Gasteiger partial charge in [-0.1, -0.05) is 54.6 Å². The minimum Gasteiger partial charge on any atom is -0.337 e. The molecule has 3 aromatic rings. The second kappa shape index (κ2) is 6.88. The van der Waals surface area contributed by atoms with E-state index in [1.807, 2.05) is 18.2 Å². The fraction of sp³-hybridized carbons (Fsp3) is 0.100. The van der Waals surface area contributed by atoms with Gasteiger partial charge in [0.15, 0.2) is 0 Å². The van der Waals surface area contributed by atoms with Crippen molar-refractivity contribution in [2.24, 2.45) is 0 Å². The van der Waals surface area contributed by atoms with Crippen LogP contribution in [-0.2, 0) is 6.54 Å². The molecule has 1 amide bonds. The number of nitrogens with zero attached hydrogens (tertiary/aromatic N) is 2. The number of rotatable bonds is 4. The highest BCUT2D eigenvalue weighted by Gasteiger charge is 2.11. The Bertz CT molecular complexity index is 768. The maximum absolute atomic E-state index is 12.3. The zero-order valence-corrected chi connectivity index (χ0v) is 13.0. The number of hydrogen-bond acceptors (Lipinski definition) is 2. The molecule has 1 heterocycles. The van der Waals surface area contributed by atoms with E-state index >= 15 is 0 Å². The van der Waals surface area contributed by atoms with Crippen molar-refractivity contribution in [1.82, 2.24) is 9.88 Å². The van der Waals surface area contributed by atoms with E-state index in [9.17, 15) is 4.79 Å². The van der Waals surface area contributed by atoms with Gasteiger partial charge in [0.1, 0.15) is 0 Å². The molecule has 23 heavy (non-hydrogen) atoms. The van der Waals surface area contributed by atoms with Crippen molar-refractivity contribution in [3.63, 3.8) is 0 Å². The Morgan fingerprint density at radius 2 is 1.61 bits per heavy atom. The molecule has 0 saturated heterocycles. The Kier molecular flexibility index (Phi) is 4.48. The molecule has 0 bridgehead atoms. The largest absolute Gasteiger partial charge is 0.337 e. The molecular formula is C20H18N2O. The van der Waals surface area contributed by atoms with E-state index in [0.29, 0.717) is 12.1 Å². The number of pyridine rings is 1. The van der Waals surface area contributed by atoms with Crippen molar-refractivity contribution in [3.05, 3.63) is 90.3 Å². The van der Waals surface area contributed by atoms with Crippen LogP contribution in [0.25, 0.3) is 11.1 Å². The van der Waals surface area contributed by atoms with Gasteiger partial charge in [0.2, 0.25) is 0 Å².